The SMILES string of the molecule is COC(=O)[C@H](Cc1ccc(NC(=O)c2c(Cl)cccc2Cl)cc1)NC(=O)C1(CCNC(=O)CCOCCOCCNC(=O)CCC(=O)O)CCCC1. The summed E-state index contributed by atoms with van der Waals surface area (Å²) >= 11 is 12.3. The van der Waals surface area contributed by atoms with E-state index in [4.69, 9.17) is 42.5 Å². The molecule has 0 radical (unpaired) electrons. The van der Waals surface area contributed by atoms with E-state index in [2.05, 4.69) is 21.3 Å². The number of anilines is 1. The van der Waals surface area contributed by atoms with Crippen molar-refractivity contribution in [2.24, 2.45) is 5.41 Å². The maximum absolute atomic E-state index is 13.7. The molecule has 0 bridgehead atoms. The van der Waals surface area contributed by atoms with Crippen LogP contribution >= 0.6 is 23.2 Å². The maximum atomic E-state index is 13.7. The van der Waals surface area contributed by atoms with E-state index in [-0.39, 0.29) is 98.5 Å². The zero-order chi connectivity index (χ0) is 37.9. The van der Waals surface area contributed by atoms with E-state index >= 15 is 0 Å². The van der Waals surface area contributed by atoms with Gasteiger partial charge in [0.25, 0.3) is 5.91 Å². The minimum Gasteiger partial charge on any atom is -0.481 e. The molecular formula is C36H46Cl2N4O10. The van der Waals surface area contributed by atoms with Gasteiger partial charge in [-0.15, -0.1) is 0 Å². The molecule has 1 atom stereocenters. The average Bonchev–Trinajstić information content (AvgIpc) is 3.60. The highest BCUT2D eigenvalue weighted by Gasteiger charge is 2.42. The molecule has 1 aliphatic carbocycles. The zero-order valence-corrected chi connectivity index (χ0v) is 30.6. The number of methoxy groups -OCH3 is 1. The Hall–Kier alpha value is -4.24. The standard InChI is InChI=1S/C36H46Cl2N4O10/c1-50-34(48)28(23-24-7-9-25(10-8-24)41-33(47)32-26(37)5-4-6-27(32)38)42-35(49)36(14-2-3-15-36)16-17-39-30(44)13-19-51-21-22-52-20-18-40-29(43)11-12-31(45)46/h4-10,28H,2-3,11-23H2,1H3,(H,39,44)(H,40,43)(H,41,47)(H,42,49)(H,45,46)/t28-/m0/s1. The summed E-state index contributed by atoms with van der Waals surface area (Å²) in [6, 6.07) is 10.7. The highest BCUT2D eigenvalue weighted by molar-refractivity contribution is 6.40. The Balaban J connectivity index is 1.40. The van der Waals surface area contributed by atoms with E-state index in [0.29, 0.717) is 24.9 Å². The zero-order valence-electron chi connectivity index (χ0n) is 29.1. The van der Waals surface area contributed by atoms with Gasteiger partial charge in [0.15, 0.2) is 0 Å². The van der Waals surface area contributed by atoms with E-state index in [1.54, 1.807) is 42.5 Å². The van der Waals surface area contributed by atoms with Gasteiger partial charge in [-0.25, -0.2) is 4.79 Å². The number of hydrogen-bond acceptors (Lipinski definition) is 9. The molecule has 0 saturated heterocycles. The number of benzene rings is 2. The van der Waals surface area contributed by atoms with Gasteiger partial charge in [0.2, 0.25) is 17.7 Å². The van der Waals surface area contributed by atoms with Crippen molar-refractivity contribution >= 4 is 64.5 Å². The smallest absolute Gasteiger partial charge is 0.328 e. The highest BCUT2D eigenvalue weighted by atomic mass is 35.5. The number of esters is 1. The first-order valence-corrected chi connectivity index (χ1v) is 17.8. The molecule has 2 aromatic carbocycles. The number of hydrogen-bond donors (Lipinski definition) is 5. The first-order chi connectivity index (χ1) is 24.9. The van der Waals surface area contributed by atoms with Gasteiger partial charge in [0.05, 0.1) is 61.0 Å². The summed E-state index contributed by atoms with van der Waals surface area (Å²) in [6.07, 6.45) is 3.33. The largest absolute Gasteiger partial charge is 0.481 e. The first kappa shape index (κ1) is 42.2. The third-order valence-corrected chi connectivity index (χ3v) is 9.21. The highest BCUT2D eigenvalue weighted by Crippen LogP contribution is 2.41. The predicted octanol–water partition coefficient (Wildman–Crippen LogP) is 3.92. The van der Waals surface area contributed by atoms with Gasteiger partial charge in [-0.3, -0.25) is 24.0 Å². The molecule has 14 nitrogen and oxygen atoms in total. The van der Waals surface area contributed by atoms with Gasteiger partial charge in [0, 0.05) is 38.0 Å². The van der Waals surface area contributed by atoms with Crippen LogP contribution in [0, 0.1) is 5.41 Å². The summed E-state index contributed by atoms with van der Waals surface area (Å²) in [5.41, 5.74) is 0.635. The Morgan fingerprint density at radius 1 is 0.808 bits per heavy atom. The average molecular weight is 766 g/mol. The summed E-state index contributed by atoms with van der Waals surface area (Å²) in [7, 11) is 1.26. The molecule has 284 valence electrons. The number of carbonyl (C=O) groups excluding carboxylic acids is 5. The van der Waals surface area contributed by atoms with E-state index in [0.717, 1.165) is 18.4 Å². The minimum atomic E-state index is -1.03. The van der Waals surface area contributed by atoms with Crippen molar-refractivity contribution in [2.45, 2.75) is 63.8 Å². The molecule has 3 rings (SSSR count). The normalized spacial score (nSPS) is 13.8. The van der Waals surface area contributed by atoms with Gasteiger partial charge in [-0.2, -0.15) is 0 Å². The lowest BCUT2D eigenvalue weighted by Gasteiger charge is -2.30. The molecule has 0 heterocycles. The number of ether oxygens (including phenoxy) is 3. The summed E-state index contributed by atoms with van der Waals surface area (Å²) in [5.74, 6) is -2.94. The lowest BCUT2D eigenvalue weighted by Crippen LogP contribution is -2.50. The van der Waals surface area contributed by atoms with Gasteiger partial charge in [-0.05, 0) is 49.1 Å². The van der Waals surface area contributed by atoms with Crippen molar-refractivity contribution in [3.63, 3.8) is 0 Å². The third-order valence-electron chi connectivity index (χ3n) is 8.58. The summed E-state index contributed by atoms with van der Waals surface area (Å²) in [6.45, 7) is 1.47. The molecule has 4 amide bonds. The topological polar surface area (TPSA) is 198 Å². The molecule has 2 aromatic rings. The van der Waals surface area contributed by atoms with Gasteiger partial charge < -0.3 is 40.6 Å². The number of rotatable bonds is 22. The van der Waals surface area contributed by atoms with E-state index in [9.17, 15) is 28.8 Å². The van der Waals surface area contributed by atoms with Crippen LogP contribution in [0.2, 0.25) is 10.0 Å². The van der Waals surface area contributed by atoms with Crippen LogP contribution in [0.15, 0.2) is 42.5 Å². The maximum Gasteiger partial charge on any atom is 0.328 e. The van der Waals surface area contributed by atoms with Crippen LogP contribution in [-0.4, -0.2) is 93.3 Å². The van der Waals surface area contributed by atoms with Crippen molar-refractivity contribution in [2.75, 3.05) is 51.9 Å². The van der Waals surface area contributed by atoms with Crippen LogP contribution in [0.4, 0.5) is 5.69 Å². The number of aliphatic carboxylic acids is 1. The van der Waals surface area contributed by atoms with Crippen LogP contribution < -0.4 is 21.3 Å². The lowest BCUT2D eigenvalue weighted by molar-refractivity contribution is -0.146. The van der Waals surface area contributed by atoms with Crippen molar-refractivity contribution in [1.82, 2.24) is 16.0 Å². The van der Waals surface area contributed by atoms with Gasteiger partial charge in [-0.1, -0.05) is 54.2 Å². The minimum absolute atomic E-state index is 0.0876. The number of carboxylic acids is 1. The van der Waals surface area contributed by atoms with Crippen molar-refractivity contribution in [1.29, 1.82) is 0 Å². The number of amides is 4. The Morgan fingerprint density at radius 2 is 1.42 bits per heavy atom. The molecule has 52 heavy (non-hydrogen) atoms. The molecule has 1 aliphatic rings. The first-order valence-electron chi connectivity index (χ1n) is 17.1. The molecular weight excluding hydrogens is 719 g/mol. The number of halogens is 2. The van der Waals surface area contributed by atoms with Crippen molar-refractivity contribution in [3.05, 3.63) is 63.6 Å². The summed E-state index contributed by atoms with van der Waals surface area (Å²) in [4.78, 5) is 73.5. The fourth-order valence-corrected chi connectivity index (χ4v) is 6.31. The molecule has 1 saturated carbocycles. The molecule has 5 N–H and O–H groups in total. The van der Waals surface area contributed by atoms with E-state index < -0.39 is 29.3 Å². The second kappa shape index (κ2) is 22.0. The third kappa shape index (κ3) is 14.1. The Morgan fingerprint density at radius 3 is 2.06 bits per heavy atom. The molecule has 0 aromatic heterocycles. The molecule has 1 fully saturated rings. The quantitative estimate of drug-likeness (QED) is 0.0866. The fourth-order valence-electron chi connectivity index (χ4n) is 5.75. The van der Waals surface area contributed by atoms with Gasteiger partial charge in [0.1, 0.15) is 6.04 Å². The number of carbonyl (C=O) groups is 6. The molecule has 0 unspecified atom stereocenters. The molecule has 0 spiro atoms. The second-order valence-corrected chi connectivity index (χ2v) is 13.1. The lowest BCUT2D eigenvalue weighted by atomic mass is 9.81. The monoisotopic (exact) mass is 764 g/mol. The Bertz CT molecular complexity index is 1510. The predicted molar refractivity (Wildman–Crippen MR) is 193 cm³/mol. The fraction of sp³-hybridized carbons (Fsp3) is 0.500. The molecule has 16 heteroatoms. The van der Waals surface area contributed by atoms with Crippen molar-refractivity contribution < 1.29 is 48.1 Å². The van der Waals surface area contributed by atoms with E-state index in [1.807, 2.05) is 0 Å². The van der Waals surface area contributed by atoms with Crippen LogP contribution in [-0.2, 0) is 44.6 Å². The van der Waals surface area contributed by atoms with Crippen LogP contribution in [0.1, 0.15) is 67.3 Å². The van der Waals surface area contributed by atoms with Crippen LogP contribution in [0.5, 0.6) is 0 Å². The second-order valence-electron chi connectivity index (χ2n) is 12.3. The number of nitrogens with one attached hydrogen (secondary N) is 4. The van der Waals surface area contributed by atoms with Crippen LogP contribution in [0.25, 0.3) is 0 Å². The Kier molecular flexibility index (Phi) is 17.8. The van der Waals surface area contributed by atoms with E-state index in [1.165, 1.54) is 7.11 Å². The Labute approximate surface area is 312 Å². The molecule has 0 aliphatic heterocycles. The summed E-state index contributed by atoms with van der Waals surface area (Å²) in [5, 5.41) is 20.1. The summed E-state index contributed by atoms with van der Waals surface area (Å²) < 4.78 is 15.8. The van der Waals surface area contributed by atoms with Crippen LogP contribution in [0.3, 0.4) is 0 Å². The van der Waals surface area contributed by atoms with Gasteiger partial charge >= 0.3 is 11.9 Å². The number of carboxylic acid groups (broad SMARTS) is 1. The van der Waals surface area contributed by atoms with Crippen molar-refractivity contribution in [3.8, 4) is 0 Å².